The Hall–Kier alpha value is -1.36. The van der Waals surface area contributed by atoms with Crippen LogP contribution in [0.2, 0.25) is 0 Å². The van der Waals surface area contributed by atoms with Crippen molar-refractivity contribution in [2.45, 2.75) is 32.4 Å². The van der Waals surface area contributed by atoms with Gasteiger partial charge in [-0.2, -0.15) is 0 Å². The molecule has 0 saturated carbocycles. The van der Waals surface area contributed by atoms with Crippen LogP contribution in [0.1, 0.15) is 25.5 Å². The van der Waals surface area contributed by atoms with Gasteiger partial charge in [0.2, 0.25) is 0 Å². The summed E-state index contributed by atoms with van der Waals surface area (Å²) in [5, 5.41) is 2.84. The highest BCUT2D eigenvalue weighted by Crippen LogP contribution is 2.29. The van der Waals surface area contributed by atoms with E-state index in [0.29, 0.717) is 11.5 Å². The van der Waals surface area contributed by atoms with Crippen molar-refractivity contribution in [3.8, 4) is 11.5 Å². The van der Waals surface area contributed by atoms with Crippen molar-refractivity contribution in [1.82, 2.24) is 5.32 Å². The van der Waals surface area contributed by atoms with Crippen LogP contribution >= 0.6 is 0 Å². The normalized spacial score (nSPS) is 14.4. The van der Waals surface area contributed by atoms with Gasteiger partial charge in [-0.25, -0.2) is 8.78 Å². The maximum atomic E-state index is 12.5. The molecule has 1 aromatic rings. The third-order valence-corrected chi connectivity index (χ3v) is 2.80. The van der Waals surface area contributed by atoms with Crippen LogP contribution in [0.4, 0.5) is 8.78 Å². The monoisotopic (exact) mass is 259 g/mol. The number of halogens is 2. The van der Waals surface area contributed by atoms with Crippen LogP contribution < -0.4 is 14.8 Å². The fourth-order valence-corrected chi connectivity index (χ4v) is 1.73. The zero-order chi connectivity index (χ0) is 13.7. The van der Waals surface area contributed by atoms with E-state index < -0.39 is 12.5 Å². The Bertz CT molecular complexity index is 385. The lowest BCUT2D eigenvalue weighted by Crippen LogP contribution is -2.34. The predicted molar refractivity (Wildman–Crippen MR) is 66.6 cm³/mol. The van der Waals surface area contributed by atoms with Crippen molar-refractivity contribution in [3.05, 3.63) is 23.8 Å². The Morgan fingerprint density at radius 3 is 2.28 bits per heavy atom. The van der Waals surface area contributed by atoms with Gasteiger partial charge in [-0.05, 0) is 19.9 Å². The van der Waals surface area contributed by atoms with E-state index in [0.717, 1.165) is 5.56 Å². The number of hydrogen-bond acceptors (Lipinski definition) is 3. The molecule has 0 bridgehead atoms. The molecule has 0 radical (unpaired) electrons. The molecule has 0 aromatic heterocycles. The standard InChI is InChI=1S/C13H19F2NO2/c1-8(16-9(2)13(14)15)11-6-5-10(17-3)7-12(11)18-4/h5-9,13,16H,1-4H3. The molecule has 5 heteroatoms. The van der Waals surface area contributed by atoms with E-state index in [4.69, 9.17) is 9.47 Å². The molecule has 1 aromatic carbocycles. The fraction of sp³-hybridized carbons (Fsp3) is 0.538. The topological polar surface area (TPSA) is 30.5 Å². The van der Waals surface area contributed by atoms with Crippen molar-refractivity contribution in [2.75, 3.05) is 14.2 Å². The van der Waals surface area contributed by atoms with E-state index in [1.165, 1.54) is 6.92 Å². The first kappa shape index (κ1) is 14.7. The molecule has 1 rings (SSSR count). The number of benzene rings is 1. The van der Waals surface area contributed by atoms with Crippen LogP contribution in [0.3, 0.4) is 0 Å². The smallest absolute Gasteiger partial charge is 0.253 e. The molecular formula is C13H19F2NO2. The minimum absolute atomic E-state index is 0.227. The molecule has 0 amide bonds. The van der Waals surface area contributed by atoms with Crippen molar-refractivity contribution in [3.63, 3.8) is 0 Å². The summed E-state index contributed by atoms with van der Waals surface area (Å²) in [5.41, 5.74) is 0.825. The Balaban J connectivity index is 2.87. The summed E-state index contributed by atoms with van der Waals surface area (Å²) >= 11 is 0. The lowest BCUT2D eigenvalue weighted by Gasteiger charge is -2.21. The van der Waals surface area contributed by atoms with Gasteiger partial charge < -0.3 is 14.8 Å². The highest BCUT2D eigenvalue weighted by Gasteiger charge is 2.19. The lowest BCUT2D eigenvalue weighted by atomic mass is 10.1. The van der Waals surface area contributed by atoms with E-state index in [9.17, 15) is 8.78 Å². The van der Waals surface area contributed by atoms with Crippen molar-refractivity contribution < 1.29 is 18.3 Å². The molecule has 0 aliphatic heterocycles. The molecular weight excluding hydrogens is 240 g/mol. The zero-order valence-corrected chi connectivity index (χ0v) is 11.0. The molecule has 2 unspecified atom stereocenters. The minimum atomic E-state index is -2.39. The molecule has 18 heavy (non-hydrogen) atoms. The molecule has 0 aliphatic rings. The number of methoxy groups -OCH3 is 2. The van der Waals surface area contributed by atoms with Crippen LogP contribution in [0.5, 0.6) is 11.5 Å². The van der Waals surface area contributed by atoms with Gasteiger partial charge >= 0.3 is 0 Å². The summed E-state index contributed by atoms with van der Waals surface area (Å²) < 4.78 is 35.3. The first-order valence-electron chi connectivity index (χ1n) is 5.75. The summed E-state index contributed by atoms with van der Waals surface area (Å²) in [4.78, 5) is 0. The molecule has 2 atom stereocenters. The highest BCUT2D eigenvalue weighted by atomic mass is 19.3. The quantitative estimate of drug-likeness (QED) is 0.852. The highest BCUT2D eigenvalue weighted by molar-refractivity contribution is 5.42. The van der Waals surface area contributed by atoms with Gasteiger partial charge in [0.1, 0.15) is 11.5 Å². The molecule has 0 aliphatic carbocycles. The SMILES string of the molecule is COc1ccc(C(C)NC(C)C(F)F)c(OC)c1. The van der Waals surface area contributed by atoms with Gasteiger partial charge in [0.25, 0.3) is 6.43 Å². The first-order chi connectivity index (χ1) is 8.49. The average Bonchev–Trinajstić information content (AvgIpc) is 2.37. The molecule has 1 N–H and O–H groups in total. The van der Waals surface area contributed by atoms with E-state index in [1.807, 2.05) is 13.0 Å². The fourth-order valence-electron chi connectivity index (χ4n) is 1.73. The molecule has 0 spiro atoms. The summed E-state index contributed by atoms with van der Waals surface area (Å²) in [5.74, 6) is 1.29. The Morgan fingerprint density at radius 1 is 1.11 bits per heavy atom. The second kappa shape index (κ2) is 6.54. The largest absolute Gasteiger partial charge is 0.497 e. The minimum Gasteiger partial charge on any atom is -0.497 e. The number of hydrogen-bond donors (Lipinski definition) is 1. The molecule has 0 heterocycles. The third kappa shape index (κ3) is 3.57. The lowest BCUT2D eigenvalue weighted by molar-refractivity contribution is 0.101. The summed E-state index contributed by atoms with van der Waals surface area (Å²) in [7, 11) is 3.11. The van der Waals surface area contributed by atoms with Crippen LogP contribution in [-0.4, -0.2) is 26.7 Å². The summed E-state index contributed by atoms with van der Waals surface area (Å²) in [6, 6.07) is 4.23. The maximum Gasteiger partial charge on any atom is 0.253 e. The summed E-state index contributed by atoms with van der Waals surface area (Å²) in [6.07, 6.45) is -2.39. The second-order valence-corrected chi connectivity index (χ2v) is 4.12. The van der Waals surface area contributed by atoms with E-state index in [2.05, 4.69) is 5.32 Å². The van der Waals surface area contributed by atoms with Crippen LogP contribution in [0, 0.1) is 0 Å². The number of nitrogens with one attached hydrogen (secondary N) is 1. The van der Waals surface area contributed by atoms with E-state index in [-0.39, 0.29) is 6.04 Å². The van der Waals surface area contributed by atoms with Gasteiger partial charge in [0.15, 0.2) is 0 Å². The Labute approximate surface area is 106 Å². The molecule has 0 saturated heterocycles. The molecule has 102 valence electrons. The van der Waals surface area contributed by atoms with Crippen molar-refractivity contribution >= 4 is 0 Å². The van der Waals surface area contributed by atoms with E-state index >= 15 is 0 Å². The second-order valence-electron chi connectivity index (χ2n) is 4.12. The number of ether oxygens (including phenoxy) is 2. The van der Waals surface area contributed by atoms with Gasteiger partial charge in [-0.3, -0.25) is 0 Å². The van der Waals surface area contributed by atoms with Gasteiger partial charge in [-0.15, -0.1) is 0 Å². The van der Waals surface area contributed by atoms with Crippen LogP contribution in [0.25, 0.3) is 0 Å². The van der Waals surface area contributed by atoms with Gasteiger partial charge in [-0.1, -0.05) is 6.07 Å². The average molecular weight is 259 g/mol. The molecule has 3 nitrogen and oxygen atoms in total. The number of alkyl halides is 2. The molecule has 0 fully saturated rings. The number of rotatable bonds is 6. The third-order valence-electron chi connectivity index (χ3n) is 2.80. The van der Waals surface area contributed by atoms with Gasteiger partial charge in [0, 0.05) is 17.7 Å². The van der Waals surface area contributed by atoms with E-state index in [1.54, 1.807) is 26.4 Å². The van der Waals surface area contributed by atoms with Crippen LogP contribution in [-0.2, 0) is 0 Å². The Kier molecular flexibility index (Phi) is 5.34. The van der Waals surface area contributed by atoms with Gasteiger partial charge in [0.05, 0.1) is 20.3 Å². The first-order valence-corrected chi connectivity index (χ1v) is 5.75. The Morgan fingerprint density at radius 2 is 1.78 bits per heavy atom. The van der Waals surface area contributed by atoms with Crippen molar-refractivity contribution in [1.29, 1.82) is 0 Å². The van der Waals surface area contributed by atoms with Crippen LogP contribution in [0.15, 0.2) is 18.2 Å². The maximum absolute atomic E-state index is 12.5. The van der Waals surface area contributed by atoms with Crippen molar-refractivity contribution in [2.24, 2.45) is 0 Å². The zero-order valence-electron chi connectivity index (χ0n) is 11.0. The summed E-state index contributed by atoms with van der Waals surface area (Å²) in [6.45, 7) is 3.28. The predicted octanol–water partition coefficient (Wildman–Crippen LogP) is 3.01.